The fourth-order valence-corrected chi connectivity index (χ4v) is 2.53. The van der Waals surface area contributed by atoms with Crippen LogP contribution in [0.3, 0.4) is 0 Å². The van der Waals surface area contributed by atoms with E-state index < -0.39 is 0 Å². The number of carbonyl (C=O) groups excluding carboxylic acids is 1. The normalized spacial score (nSPS) is 11.0. The maximum Gasteiger partial charge on any atom is 0.277 e. The van der Waals surface area contributed by atoms with Gasteiger partial charge < -0.3 is 5.32 Å². The van der Waals surface area contributed by atoms with Crippen molar-refractivity contribution in [2.75, 3.05) is 5.32 Å². The van der Waals surface area contributed by atoms with Crippen molar-refractivity contribution < 1.29 is 4.79 Å². The molecule has 9 heteroatoms. The molecule has 0 unspecified atom stereocenters. The zero-order valence-corrected chi connectivity index (χ0v) is 14.4. The SMILES string of the molecule is CCn1cc(Cn2cc(NC(=O)c3nn(C)c(C)c3Cl)cn2)cn1. The zero-order chi connectivity index (χ0) is 17.3. The lowest BCUT2D eigenvalue weighted by molar-refractivity contribution is 0.102. The Balaban J connectivity index is 1.69. The Kier molecular flexibility index (Phi) is 4.39. The second kappa shape index (κ2) is 6.48. The van der Waals surface area contributed by atoms with Crippen LogP contribution in [0.1, 0.15) is 28.7 Å². The van der Waals surface area contributed by atoms with Crippen LogP contribution in [0.4, 0.5) is 5.69 Å². The third-order valence-corrected chi connectivity index (χ3v) is 4.17. The van der Waals surface area contributed by atoms with Crippen LogP contribution in [0.15, 0.2) is 24.8 Å². The first-order chi connectivity index (χ1) is 11.5. The number of nitrogens with zero attached hydrogens (tertiary/aromatic N) is 6. The van der Waals surface area contributed by atoms with Gasteiger partial charge in [-0.15, -0.1) is 0 Å². The summed E-state index contributed by atoms with van der Waals surface area (Å²) in [4.78, 5) is 12.3. The van der Waals surface area contributed by atoms with E-state index in [2.05, 4.69) is 20.6 Å². The molecule has 0 saturated carbocycles. The first-order valence-corrected chi connectivity index (χ1v) is 7.90. The summed E-state index contributed by atoms with van der Waals surface area (Å²) in [6.45, 7) is 5.24. The predicted molar refractivity (Wildman–Crippen MR) is 90.1 cm³/mol. The number of rotatable bonds is 5. The maximum atomic E-state index is 12.3. The van der Waals surface area contributed by atoms with E-state index in [0.29, 0.717) is 17.3 Å². The summed E-state index contributed by atoms with van der Waals surface area (Å²) in [5.41, 5.74) is 2.57. The number of amides is 1. The molecule has 3 aromatic heterocycles. The van der Waals surface area contributed by atoms with Crippen molar-refractivity contribution in [3.05, 3.63) is 46.8 Å². The summed E-state index contributed by atoms with van der Waals surface area (Å²) >= 11 is 6.13. The number of nitrogens with one attached hydrogen (secondary N) is 1. The first-order valence-electron chi connectivity index (χ1n) is 7.52. The molecule has 3 heterocycles. The van der Waals surface area contributed by atoms with E-state index in [4.69, 9.17) is 11.6 Å². The summed E-state index contributed by atoms with van der Waals surface area (Å²) < 4.78 is 5.16. The van der Waals surface area contributed by atoms with Gasteiger partial charge >= 0.3 is 0 Å². The molecule has 0 aliphatic rings. The van der Waals surface area contributed by atoms with Crippen LogP contribution >= 0.6 is 11.6 Å². The highest BCUT2D eigenvalue weighted by atomic mass is 35.5. The summed E-state index contributed by atoms with van der Waals surface area (Å²) in [6.07, 6.45) is 7.12. The summed E-state index contributed by atoms with van der Waals surface area (Å²) in [5.74, 6) is -0.359. The standard InChI is InChI=1S/C15H18ClN7O/c1-4-22-7-11(5-17-22)8-23-9-12(6-18-23)19-15(24)14-13(16)10(2)21(3)20-14/h5-7,9H,4,8H2,1-3H3,(H,19,24). The van der Waals surface area contributed by atoms with Crippen LogP contribution in [0.25, 0.3) is 0 Å². The van der Waals surface area contributed by atoms with E-state index in [9.17, 15) is 4.79 Å². The molecular formula is C15H18ClN7O. The molecule has 0 atom stereocenters. The Hall–Kier alpha value is -2.61. The minimum absolute atomic E-state index is 0.202. The molecule has 0 saturated heterocycles. The topological polar surface area (TPSA) is 82.6 Å². The minimum Gasteiger partial charge on any atom is -0.318 e. The minimum atomic E-state index is -0.359. The van der Waals surface area contributed by atoms with Crippen molar-refractivity contribution in [1.29, 1.82) is 0 Å². The molecule has 0 aliphatic heterocycles. The maximum absolute atomic E-state index is 12.3. The molecule has 0 radical (unpaired) electrons. The van der Waals surface area contributed by atoms with E-state index in [1.165, 1.54) is 0 Å². The average molecular weight is 348 g/mol. The van der Waals surface area contributed by atoms with E-state index in [-0.39, 0.29) is 11.6 Å². The van der Waals surface area contributed by atoms with Gasteiger partial charge in [-0.2, -0.15) is 15.3 Å². The van der Waals surface area contributed by atoms with Crippen LogP contribution in [0.5, 0.6) is 0 Å². The molecule has 1 amide bonds. The Labute approximate surface area is 144 Å². The second-order valence-corrected chi connectivity index (χ2v) is 5.83. The Bertz CT molecular complexity index is 876. The van der Waals surface area contributed by atoms with Gasteiger partial charge in [0.1, 0.15) is 0 Å². The molecule has 3 rings (SSSR count). The van der Waals surface area contributed by atoms with E-state index in [1.807, 2.05) is 17.8 Å². The molecule has 0 aliphatic carbocycles. The predicted octanol–water partition coefficient (Wildman–Crippen LogP) is 2.10. The van der Waals surface area contributed by atoms with Gasteiger partial charge in [-0.1, -0.05) is 11.6 Å². The monoisotopic (exact) mass is 347 g/mol. The molecular weight excluding hydrogens is 330 g/mol. The van der Waals surface area contributed by atoms with E-state index >= 15 is 0 Å². The Morgan fingerprint density at radius 1 is 1.25 bits per heavy atom. The average Bonchev–Trinajstić information content (AvgIpc) is 3.25. The van der Waals surface area contributed by atoms with Crippen LogP contribution in [0, 0.1) is 6.92 Å². The van der Waals surface area contributed by atoms with Crippen molar-refractivity contribution >= 4 is 23.2 Å². The van der Waals surface area contributed by atoms with Crippen molar-refractivity contribution in [3.8, 4) is 0 Å². The highest BCUT2D eigenvalue weighted by Crippen LogP contribution is 2.20. The van der Waals surface area contributed by atoms with Crippen molar-refractivity contribution in [2.24, 2.45) is 7.05 Å². The van der Waals surface area contributed by atoms with Gasteiger partial charge in [0, 0.05) is 31.5 Å². The highest BCUT2D eigenvalue weighted by Gasteiger charge is 2.18. The molecule has 0 bridgehead atoms. The highest BCUT2D eigenvalue weighted by molar-refractivity contribution is 6.34. The fourth-order valence-electron chi connectivity index (χ4n) is 2.28. The third-order valence-electron chi connectivity index (χ3n) is 3.72. The van der Waals surface area contributed by atoms with Crippen molar-refractivity contribution in [3.63, 3.8) is 0 Å². The first kappa shape index (κ1) is 16.3. The molecule has 3 aromatic rings. The number of aryl methyl sites for hydroxylation is 2. The summed E-state index contributed by atoms with van der Waals surface area (Å²) in [7, 11) is 1.74. The second-order valence-electron chi connectivity index (χ2n) is 5.46. The van der Waals surface area contributed by atoms with Gasteiger partial charge in [0.25, 0.3) is 5.91 Å². The number of hydrogen-bond donors (Lipinski definition) is 1. The van der Waals surface area contributed by atoms with E-state index in [0.717, 1.165) is 17.8 Å². The van der Waals surface area contributed by atoms with Crippen LogP contribution < -0.4 is 5.32 Å². The summed E-state index contributed by atoms with van der Waals surface area (Å²) in [5, 5.41) is 15.7. The van der Waals surface area contributed by atoms with E-state index in [1.54, 1.807) is 41.9 Å². The van der Waals surface area contributed by atoms with Crippen LogP contribution in [-0.4, -0.2) is 35.2 Å². The van der Waals surface area contributed by atoms with Gasteiger partial charge in [0.05, 0.1) is 35.3 Å². The zero-order valence-electron chi connectivity index (χ0n) is 13.7. The lowest BCUT2D eigenvalue weighted by Crippen LogP contribution is -2.13. The van der Waals surface area contributed by atoms with Gasteiger partial charge in [0.15, 0.2) is 5.69 Å². The van der Waals surface area contributed by atoms with Gasteiger partial charge in [-0.25, -0.2) is 0 Å². The molecule has 0 fully saturated rings. The molecule has 126 valence electrons. The fraction of sp³-hybridized carbons (Fsp3) is 0.333. The Morgan fingerprint density at radius 2 is 2.00 bits per heavy atom. The smallest absolute Gasteiger partial charge is 0.277 e. The molecule has 0 spiro atoms. The van der Waals surface area contributed by atoms with Crippen molar-refractivity contribution in [2.45, 2.75) is 26.9 Å². The lowest BCUT2D eigenvalue weighted by Gasteiger charge is -2.00. The Morgan fingerprint density at radius 3 is 2.62 bits per heavy atom. The van der Waals surface area contributed by atoms with Crippen LogP contribution in [-0.2, 0) is 20.1 Å². The van der Waals surface area contributed by atoms with Crippen molar-refractivity contribution in [1.82, 2.24) is 29.3 Å². The molecule has 24 heavy (non-hydrogen) atoms. The number of halogens is 1. The third kappa shape index (κ3) is 3.18. The quantitative estimate of drug-likeness (QED) is 0.766. The molecule has 0 aromatic carbocycles. The molecule has 8 nitrogen and oxygen atoms in total. The van der Waals surface area contributed by atoms with Gasteiger partial charge in [-0.3, -0.25) is 18.8 Å². The van der Waals surface area contributed by atoms with Gasteiger partial charge in [0.2, 0.25) is 0 Å². The molecule has 1 N–H and O–H groups in total. The summed E-state index contributed by atoms with van der Waals surface area (Å²) in [6, 6.07) is 0. The van der Waals surface area contributed by atoms with Gasteiger partial charge in [-0.05, 0) is 13.8 Å². The lowest BCUT2D eigenvalue weighted by atomic mass is 10.3. The largest absolute Gasteiger partial charge is 0.318 e. The number of carbonyl (C=O) groups is 1. The number of anilines is 1. The number of hydrogen-bond acceptors (Lipinski definition) is 4. The van der Waals surface area contributed by atoms with Crippen LogP contribution in [0.2, 0.25) is 5.02 Å². The number of aromatic nitrogens is 6.